The highest BCUT2D eigenvalue weighted by Crippen LogP contribution is 2.38. The second-order valence-electron chi connectivity index (χ2n) is 8.82. The fourth-order valence-electron chi connectivity index (χ4n) is 3.98. The first-order valence-electron chi connectivity index (χ1n) is 11.5. The van der Waals surface area contributed by atoms with E-state index in [-0.39, 0.29) is 42.7 Å². The molecule has 1 saturated heterocycles. The first-order chi connectivity index (χ1) is 17.1. The number of nitrogens with zero attached hydrogens (tertiary/aromatic N) is 3. The monoisotopic (exact) mass is 525 g/mol. The topological polar surface area (TPSA) is 101 Å². The number of rotatable bonds is 6. The zero-order valence-corrected chi connectivity index (χ0v) is 21.9. The number of benzene rings is 3. The average Bonchev–Trinajstić information content (AvgIpc) is 2.86. The molecule has 8 nitrogen and oxygen atoms in total. The van der Waals surface area contributed by atoms with Crippen LogP contribution in [0.3, 0.4) is 0 Å². The molecule has 0 radical (unpaired) electrons. The van der Waals surface area contributed by atoms with E-state index in [0.29, 0.717) is 10.5 Å². The molecule has 1 fully saturated rings. The van der Waals surface area contributed by atoms with Gasteiger partial charge in [-0.3, -0.25) is 14.9 Å². The first kappa shape index (κ1) is 25.9. The minimum atomic E-state index is -4.04. The van der Waals surface area contributed by atoms with Gasteiger partial charge in [0, 0.05) is 53.7 Å². The number of aryl methyl sites for hydroxylation is 3. The second-order valence-corrected chi connectivity index (χ2v) is 11.8. The van der Waals surface area contributed by atoms with Crippen LogP contribution in [0, 0.1) is 30.9 Å². The third kappa shape index (κ3) is 5.45. The summed E-state index contributed by atoms with van der Waals surface area (Å²) in [4.78, 5) is 26.5. The highest BCUT2D eigenvalue weighted by molar-refractivity contribution is 8.00. The van der Waals surface area contributed by atoms with Crippen molar-refractivity contribution < 1.29 is 18.1 Å². The van der Waals surface area contributed by atoms with Crippen LogP contribution in [0.5, 0.6) is 0 Å². The van der Waals surface area contributed by atoms with E-state index in [9.17, 15) is 23.3 Å². The number of sulfonamides is 1. The summed E-state index contributed by atoms with van der Waals surface area (Å²) in [6, 6.07) is 17.1. The molecule has 188 valence electrons. The van der Waals surface area contributed by atoms with E-state index >= 15 is 0 Å². The number of piperazine rings is 1. The van der Waals surface area contributed by atoms with Crippen LogP contribution >= 0.6 is 11.8 Å². The van der Waals surface area contributed by atoms with Crippen LogP contribution in [0.1, 0.15) is 27.0 Å². The lowest BCUT2D eigenvalue weighted by molar-refractivity contribution is -0.385. The number of nitro groups is 1. The summed E-state index contributed by atoms with van der Waals surface area (Å²) in [5.41, 5.74) is 3.34. The van der Waals surface area contributed by atoms with Gasteiger partial charge in [-0.2, -0.15) is 4.31 Å². The van der Waals surface area contributed by atoms with Gasteiger partial charge in [0.05, 0.1) is 4.92 Å². The fourth-order valence-corrected chi connectivity index (χ4v) is 6.94. The molecule has 0 bridgehead atoms. The maximum absolute atomic E-state index is 13.7. The number of hydrogen-bond acceptors (Lipinski definition) is 6. The Labute approximate surface area is 215 Å². The Morgan fingerprint density at radius 3 is 2.14 bits per heavy atom. The highest BCUT2D eigenvalue weighted by Gasteiger charge is 2.33. The lowest BCUT2D eigenvalue weighted by atomic mass is 10.1. The molecule has 0 unspecified atom stereocenters. The molecule has 0 aromatic heterocycles. The Morgan fingerprint density at radius 1 is 0.861 bits per heavy atom. The Hall–Kier alpha value is -3.21. The SMILES string of the molecule is Cc1ccc(C(=O)N2CCN(S(=O)(=O)c3cc([N+](=O)[O-])ccc3Sc3cc(C)ccc3C)CC2)cc1. The van der Waals surface area contributed by atoms with Crippen LogP contribution in [0.15, 0.2) is 75.4 Å². The average molecular weight is 526 g/mol. The van der Waals surface area contributed by atoms with E-state index < -0.39 is 14.9 Å². The van der Waals surface area contributed by atoms with Crippen LogP contribution in [0.4, 0.5) is 5.69 Å². The molecular weight excluding hydrogens is 498 g/mol. The molecule has 1 aliphatic rings. The Bertz CT molecular complexity index is 1410. The van der Waals surface area contributed by atoms with Gasteiger partial charge in [0.2, 0.25) is 10.0 Å². The molecule has 0 saturated carbocycles. The van der Waals surface area contributed by atoms with Crippen molar-refractivity contribution >= 4 is 33.4 Å². The Balaban J connectivity index is 1.60. The smallest absolute Gasteiger partial charge is 0.270 e. The van der Waals surface area contributed by atoms with Crippen LogP contribution in [0.2, 0.25) is 0 Å². The number of carbonyl (C=O) groups excluding carboxylic acids is 1. The molecule has 1 heterocycles. The maximum atomic E-state index is 13.7. The van der Waals surface area contributed by atoms with E-state index in [4.69, 9.17) is 0 Å². The van der Waals surface area contributed by atoms with Crippen molar-refractivity contribution in [1.29, 1.82) is 0 Å². The third-order valence-corrected chi connectivity index (χ3v) is 9.45. The summed E-state index contributed by atoms with van der Waals surface area (Å²) >= 11 is 1.28. The molecule has 36 heavy (non-hydrogen) atoms. The predicted octanol–water partition coefficient (Wildman–Crippen LogP) is 4.82. The normalized spacial score (nSPS) is 14.6. The minimum absolute atomic E-state index is 0.0964. The molecule has 3 aromatic carbocycles. The Morgan fingerprint density at radius 2 is 1.50 bits per heavy atom. The molecule has 0 aliphatic carbocycles. The lowest BCUT2D eigenvalue weighted by Crippen LogP contribution is -2.50. The van der Waals surface area contributed by atoms with Gasteiger partial charge in [-0.05, 0) is 56.2 Å². The van der Waals surface area contributed by atoms with E-state index in [0.717, 1.165) is 27.7 Å². The fraction of sp³-hybridized carbons (Fsp3) is 0.269. The second kappa shape index (κ2) is 10.4. The predicted molar refractivity (Wildman–Crippen MR) is 139 cm³/mol. The maximum Gasteiger partial charge on any atom is 0.270 e. The van der Waals surface area contributed by atoms with Gasteiger partial charge in [0.15, 0.2) is 0 Å². The number of non-ortho nitro benzene ring substituents is 1. The van der Waals surface area contributed by atoms with E-state index in [1.807, 2.05) is 51.1 Å². The van der Waals surface area contributed by atoms with Gasteiger partial charge in [-0.25, -0.2) is 8.42 Å². The third-order valence-electron chi connectivity index (χ3n) is 6.14. The van der Waals surface area contributed by atoms with Gasteiger partial charge in [0.1, 0.15) is 4.90 Å². The first-order valence-corrected chi connectivity index (χ1v) is 13.7. The number of amides is 1. The number of carbonyl (C=O) groups is 1. The van der Waals surface area contributed by atoms with Crippen LogP contribution in [0.25, 0.3) is 0 Å². The quantitative estimate of drug-likeness (QED) is 0.338. The van der Waals surface area contributed by atoms with Crippen LogP contribution in [-0.4, -0.2) is 54.6 Å². The lowest BCUT2D eigenvalue weighted by Gasteiger charge is -2.34. The van der Waals surface area contributed by atoms with Gasteiger partial charge in [-0.1, -0.05) is 41.6 Å². The summed E-state index contributed by atoms with van der Waals surface area (Å²) < 4.78 is 28.7. The molecule has 10 heteroatoms. The van der Waals surface area contributed by atoms with Crippen molar-refractivity contribution in [3.63, 3.8) is 0 Å². The van der Waals surface area contributed by atoms with Crippen LogP contribution < -0.4 is 0 Å². The van der Waals surface area contributed by atoms with Crippen molar-refractivity contribution in [3.8, 4) is 0 Å². The highest BCUT2D eigenvalue weighted by atomic mass is 32.2. The van der Waals surface area contributed by atoms with Gasteiger partial charge < -0.3 is 4.90 Å². The standard InChI is InChI=1S/C26H27N3O5S2/c1-18-5-8-21(9-6-18)26(30)27-12-14-28(15-13-27)36(33,34)25-17-22(29(31)32)10-11-23(25)35-24-16-19(2)4-7-20(24)3/h4-11,16-17H,12-15H2,1-3H3. The molecule has 3 aromatic rings. The van der Waals surface area contributed by atoms with E-state index in [1.54, 1.807) is 17.0 Å². The Kier molecular flexibility index (Phi) is 7.49. The molecule has 1 aliphatic heterocycles. The zero-order valence-electron chi connectivity index (χ0n) is 20.3. The molecular formula is C26H27N3O5S2. The van der Waals surface area contributed by atoms with Gasteiger partial charge in [0.25, 0.3) is 11.6 Å². The summed E-state index contributed by atoms with van der Waals surface area (Å²) in [6.45, 7) is 6.52. The van der Waals surface area contributed by atoms with Crippen molar-refractivity contribution in [1.82, 2.24) is 9.21 Å². The van der Waals surface area contributed by atoms with Gasteiger partial charge in [-0.15, -0.1) is 0 Å². The van der Waals surface area contributed by atoms with Crippen molar-refractivity contribution in [3.05, 3.63) is 93.0 Å². The summed E-state index contributed by atoms with van der Waals surface area (Å²) in [7, 11) is -4.04. The summed E-state index contributed by atoms with van der Waals surface area (Å²) in [6.07, 6.45) is 0. The minimum Gasteiger partial charge on any atom is -0.336 e. The van der Waals surface area contributed by atoms with Crippen molar-refractivity contribution in [2.75, 3.05) is 26.2 Å². The van der Waals surface area contributed by atoms with E-state index in [2.05, 4.69) is 0 Å². The number of hydrogen-bond donors (Lipinski definition) is 0. The molecule has 1 amide bonds. The zero-order chi connectivity index (χ0) is 26.0. The molecule has 0 N–H and O–H groups in total. The summed E-state index contributed by atoms with van der Waals surface area (Å²) in [5, 5.41) is 11.4. The molecule has 0 spiro atoms. The van der Waals surface area contributed by atoms with E-state index in [1.165, 1.54) is 28.2 Å². The van der Waals surface area contributed by atoms with Crippen LogP contribution in [-0.2, 0) is 10.0 Å². The molecule has 4 rings (SSSR count). The summed E-state index contributed by atoms with van der Waals surface area (Å²) in [5.74, 6) is -0.145. The van der Waals surface area contributed by atoms with Gasteiger partial charge >= 0.3 is 0 Å². The molecule has 0 atom stereocenters. The van der Waals surface area contributed by atoms with Crippen molar-refractivity contribution in [2.45, 2.75) is 35.5 Å². The number of nitro benzene ring substituents is 1. The largest absolute Gasteiger partial charge is 0.336 e. The van der Waals surface area contributed by atoms with Crippen molar-refractivity contribution in [2.24, 2.45) is 0 Å².